The van der Waals surface area contributed by atoms with Crippen molar-refractivity contribution in [2.24, 2.45) is 5.41 Å². The molecule has 1 aliphatic rings. The third-order valence-electron chi connectivity index (χ3n) is 2.76. The molecule has 0 spiro atoms. The van der Waals surface area contributed by atoms with Crippen molar-refractivity contribution in [2.45, 2.75) is 52.2 Å². The van der Waals surface area contributed by atoms with E-state index < -0.39 is 18.2 Å². The van der Waals surface area contributed by atoms with Crippen LogP contribution in [-0.4, -0.2) is 35.7 Å². The Bertz CT molecular complexity index is 295. The first-order chi connectivity index (χ1) is 7.79. The van der Waals surface area contributed by atoms with E-state index in [0.717, 1.165) is 6.42 Å². The molecular formula is C12H21NO4. The number of carbonyl (C=O) groups is 2. The Morgan fingerprint density at radius 1 is 1.29 bits per heavy atom. The van der Waals surface area contributed by atoms with E-state index in [1.54, 1.807) is 0 Å². The summed E-state index contributed by atoms with van der Waals surface area (Å²) in [5.74, 6) is -1.19. The fourth-order valence-corrected chi connectivity index (χ4v) is 1.69. The molecule has 1 saturated heterocycles. The number of hydrogen-bond donors (Lipinski definition) is 2. The average Bonchev–Trinajstić information content (AvgIpc) is 2.63. The number of hydrogen-bond acceptors (Lipinski definition) is 3. The van der Waals surface area contributed by atoms with E-state index in [0.29, 0.717) is 19.4 Å². The molecule has 0 aromatic heterocycles. The maximum atomic E-state index is 11.7. The van der Waals surface area contributed by atoms with Crippen LogP contribution in [0.3, 0.4) is 0 Å². The lowest BCUT2D eigenvalue weighted by atomic mass is 9.92. The molecule has 1 fully saturated rings. The van der Waals surface area contributed by atoms with Crippen LogP contribution < -0.4 is 5.32 Å². The Balaban J connectivity index is 2.28. The zero-order valence-corrected chi connectivity index (χ0v) is 10.7. The van der Waals surface area contributed by atoms with Gasteiger partial charge < -0.3 is 15.2 Å². The molecule has 17 heavy (non-hydrogen) atoms. The van der Waals surface area contributed by atoms with E-state index in [9.17, 15) is 9.59 Å². The molecule has 0 unspecified atom stereocenters. The van der Waals surface area contributed by atoms with Crippen LogP contribution in [0, 0.1) is 5.41 Å². The highest BCUT2D eigenvalue weighted by molar-refractivity contribution is 5.82. The first kappa shape index (κ1) is 14.0. The molecule has 2 N–H and O–H groups in total. The van der Waals surface area contributed by atoms with Crippen LogP contribution in [0.2, 0.25) is 0 Å². The Kier molecular flexibility index (Phi) is 4.51. The van der Waals surface area contributed by atoms with E-state index in [-0.39, 0.29) is 11.3 Å². The molecule has 0 bridgehead atoms. The second-order valence-corrected chi connectivity index (χ2v) is 5.63. The number of nitrogens with one attached hydrogen (secondary N) is 1. The molecule has 2 atom stereocenters. The summed E-state index contributed by atoms with van der Waals surface area (Å²) in [6, 6.07) is 0. The predicted octanol–water partition coefficient (Wildman–Crippen LogP) is 1.17. The summed E-state index contributed by atoms with van der Waals surface area (Å²) < 4.78 is 5.16. The maximum absolute atomic E-state index is 11.7. The molecule has 5 heteroatoms. The molecule has 0 aromatic carbocycles. The lowest BCUT2D eigenvalue weighted by Crippen LogP contribution is -2.37. The van der Waals surface area contributed by atoms with E-state index in [1.807, 2.05) is 0 Å². The number of carboxylic acids is 1. The lowest BCUT2D eigenvalue weighted by Gasteiger charge is -2.19. The van der Waals surface area contributed by atoms with Crippen LogP contribution in [0.25, 0.3) is 0 Å². The van der Waals surface area contributed by atoms with E-state index in [4.69, 9.17) is 9.84 Å². The molecule has 1 heterocycles. The van der Waals surface area contributed by atoms with Crippen LogP contribution in [0.15, 0.2) is 0 Å². The molecule has 0 radical (unpaired) electrons. The average molecular weight is 243 g/mol. The van der Waals surface area contributed by atoms with Gasteiger partial charge in [-0.15, -0.1) is 0 Å². The Morgan fingerprint density at radius 3 is 2.35 bits per heavy atom. The number of ether oxygens (including phenoxy) is 1. The summed E-state index contributed by atoms with van der Waals surface area (Å²) in [5.41, 5.74) is 0.174. The number of carbonyl (C=O) groups excluding carboxylic acids is 1. The predicted molar refractivity (Wildman–Crippen MR) is 62.6 cm³/mol. The zero-order valence-electron chi connectivity index (χ0n) is 10.7. The first-order valence-electron chi connectivity index (χ1n) is 5.95. The van der Waals surface area contributed by atoms with Gasteiger partial charge in [0.15, 0.2) is 6.10 Å². The van der Waals surface area contributed by atoms with Crippen molar-refractivity contribution in [1.29, 1.82) is 0 Å². The maximum Gasteiger partial charge on any atom is 0.332 e. The standard InChI is InChI=1S/C12H21NO4/c1-12(2,3)6-7-13-10(14)8-4-5-9(17-8)11(15)16/h8-9H,4-7H2,1-3H3,(H,13,14)(H,15,16)/t8-,9+/m0/s1. The highest BCUT2D eigenvalue weighted by Gasteiger charge is 2.34. The van der Waals surface area contributed by atoms with Gasteiger partial charge in [-0.3, -0.25) is 4.79 Å². The first-order valence-corrected chi connectivity index (χ1v) is 5.95. The monoisotopic (exact) mass is 243 g/mol. The molecule has 0 aromatic rings. The summed E-state index contributed by atoms with van der Waals surface area (Å²) in [4.78, 5) is 22.3. The minimum atomic E-state index is -0.991. The third-order valence-corrected chi connectivity index (χ3v) is 2.76. The summed E-state index contributed by atoms with van der Waals surface area (Å²) in [5, 5.41) is 11.5. The van der Waals surface area contributed by atoms with E-state index in [1.165, 1.54) is 0 Å². The van der Waals surface area contributed by atoms with E-state index >= 15 is 0 Å². The summed E-state index contributed by atoms with van der Waals surface area (Å²) in [6.07, 6.45) is 0.350. The number of carboxylic acid groups (broad SMARTS) is 1. The molecule has 1 amide bonds. The number of aliphatic carboxylic acids is 1. The summed E-state index contributed by atoms with van der Waals surface area (Å²) >= 11 is 0. The lowest BCUT2D eigenvalue weighted by molar-refractivity contribution is -0.151. The smallest absolute Gasteiger partial charge is 0.332 e. The van der Waals surface area contributed by atoms with Crippen LogP contribution in [0.4, 0.5) is 0 Å². The van der Waals surface area contributed by atoms with Gasteiger partial charge in [0, 0.05) is 6.54 Å². The highest BCUT2D eigenvalue weighted by Crippen LogP contribution is 2.20. The minimum absolute atomic E-state index is 0.174. The molecule has 1 rings (SSSR count). The molecule has 0 saturated carbocycles. The van der Waals surface area contributed by atoms with Crippen molar-refractivity contribution in [3.63, 3.8) is 0 Å². The van der Waals surface area contributed by atoms with Gasteiger partial charge in [0.05, 0.1) is 0 Å². The Hall–Kier alpha value is -1.10. The normalized spacial score (nSPS) is 24.6. The van der Waals surface area contributed by atoms with Crippen LogP contribution in [0.5, 0.6) is 0 Å². The van der Waals surface area contributed by atoms with Crippen molar-refractivity contribution >= 4 is 11.9 Å². The fourth-order valence-electron chi connectivity index (χ4n) is 1.69. The minimum Gasteiger partial charge on any atom is -0.479 e. The summed E-state index contributed by atoms with van der Waals surface area (Å²) in [7, 11) is 0. The van der Waals surface area contributed by atoms with Crippen molar-refractivity contribution < 1.29 is 19.4 Å². The molecular weight excluding hydrogens is 222 g/mol. The topological polar surface area (TPSA) is 75.6 Å². The van der Waals surface area contributed by atoms with Crippen LogP contribution >= 0.6 is 0 Å². The van der Waals surface area contributed by atoms with Gasteiger partial charge in [-0.05, 0) is 24.7 Å². The number of rotatable bonds is 4. The molecule has 0 aliphatic carbocycles. The van der Waals surface area contributed by atoms with Crippen LogP contribution in [0.1, 0.15) is 40.0 Å². The molecule has 5 nitrogen and oxygen atoms in total. The largest absolute Gasteiger partial charge is 0.479 e. The summed E-state index contributed by atoms with van der Waals surface area (Å²) in [6.45, 7) is 6.91. The fraction of sp³-hybridized carbons (Fsp3) is 0.833. The molecule has 1 aliphatic heterocycles. The van der Waals surface area contributed by atoms with Gasteiger partial charge in [0.2, 0.25) is 5.91 Å². The van der Waals surface area contributed by atoms with Gasteiger partial charge in [0.1, 0.15) is 6.10 Å². The van der Waals surface area contributed by atoms with Gasteiger partial charge >= 0.3 is 5.97 Å². The quantitative estimate of drug-likeness (QED) is 0.777. The Morgan fingerprint density at radius 2 is 1.88 bits per heavy atom. The molecule has 98 valence electrons. The van der Waals surface area contributed by atoms with E-state index in [2.05, 4.69) is 26.1 Å². The van der Waals surface area contributed by atoms with Gasteiger partial charge in [-0.1, -0.05) is 20.8 Å². The second kappa shape index (κ2) is 5.49. The van der Waals surface area contributed by atoms with Crippen molar-refractivity contribution in [3.8, 4) is 0 Å². The van der Waals surface area contributed by atoms with Gasteiger partial charge in [0.25, 0.3) is 0 Å². The van der Waals surface area contributed by atoms with Crippen molar-refractivity contribution in [2.75, 3.05) is 6.54 Å². The zero-order chi connectivity index (χ0) is 13.1. The van der Waals surface area contributed by atoms with Crippen molar-refractivity contribution in [3.05, 3.63) is 0 Å². The number of amides is 1. The SMILES string of the molecule is CC(C)(C)CCNC(=O)[C@@H]1CC[C@H](C(=O)O)O1. The second-order valence-electron chi connectivity index (χ2n) is 5.63. The third kappa shape index (κ3) is 4.73. The van der Waals surface area contributed by atoms with Crippen molar-refractivity contribution in [1.82, 2.24) is 5.32 Å². The Labute approximate surface area is 102 Å². The van der Waals surface area contributed by atoms with Gasteiger partial charge in [-0.25, -0.2) is 4.79 Å². The van der Waals surface area contributed by atoms with Crippen LogP contribution in [-0.2, 0) is 14.3 Å². The highest BCUT2D eigenvalue weighted by atomic mass is 16.5. The van der Waals surface area contributed by atoms with Gasteiger partial charge in [-0.2, -0.15) is 0 Å².